The SMILES string of the molecule is CCOc1ccccc1[C@H]1C(C(=O)OC(C)C)=C(C)NC2=C1C(=O)[C@H](C(=O)OC)[C@@H](C)C2. The number of ether oxygens (including phenoxy) is 3. The summed E-state index contributed by atoms with van der Waals surface area (Å²) < 4.78 is 16.3. The van der Waals surface area contributed by atoms with E-state index in [-0.39, 0.29) is 17.8 Å². The quantitative estimate of drug-likeness (QED) is 0.532. The third-order valence-corrected chi connectivity index (χ3v) is 5.84. The Morgan fingerprint density at radius 1 is 1.22 bits per heavy atom. The largest absolute Gasteiger partial charge is 0.494 e. The number of hydrogen-bond acceptors (Lipinski definition) is 7. The highest BCUT2D eigenvalue weighted by Crippen LogP contribution is 2.47. The summed E-state index contributed by atoms with van der Waals surface area (Å²) in [6.45, 7) is 9.52. The van der Waals surface area contributed by atoms with Crippen LogP contribution in [0.4, 0.5) is 0 Å². The molecule has 0 aromatic heterocycles. The number of hydrogen-bond donors (Lipinski definition) is 1. The normalized spacial score (nSPS) is 23.0. The summed E-state index contributed by atoms with van der Waals surface area (Å²) in [6, 6.07) is 7.35. The fourth-order valence-corrected chi connectivity index (χ4v) is 4.55. The van der Waals surface area contributed by atoms with Crippen molar-refractivity contribution in [1.29, 1.82) is 0 Å². The third-order valence-electron chi connectivity index (χ3n) is 5.84. The van der Waals surface area contributed by atoms with Crippen molar-refractivity contribution in [2.75, 3.05) is 13.7 Å². The molecular formula is C25H31NO6. The number of nitrogens with one attached hydrogen (secondary N) is 1. The van der Waals surface area contributed by atoms with E-state index in [4.69, 9.17) is 14.2 Å². The number of Topliss-reactive ketones (excluding diaryl/α,β-unsaturated/α-hetero) is 1. The molecule has 7 nitrogen and oxygen atoms in total. The van der Waals surface area contributed by atoms with Crippen molar-refractivity contribution in [1.82, 2.24) is 5.32 Å². The molecule has 0 bridgehead atoms. The van der Waals surface area contributed by atoms with Gasteiger partial charge in [0.15, 0.2) is 5.78 Å². The average molecular weight is 442 g/mol. The molecule has 0 spiro atoms. The molecule has 1 aliphatic carbocycles. The number of methoxy groups -OCH3 is 1. The van der Waals surface area contributed by atoms with Gasteiger partial charge in [0.1, 0.15) is 11.7 Å². The topological polar surface area (TPSA) is 90.9 Å². The number of ketones is 1. The number of rotatable bonds is 6. The minimum absolute atomic E-state index is 0.235. The van der Waals surface area contributed by atoms with Gasteiger partial charge in [-0.25, -0.2) is 4.79 Å². The molecular weight excluding hydrogens is 410 g/mol. The Morgan fingerprint density at radius 2 is 1.91 bits per heavy atom. The zero-order valence-corrected chi connectivity index (χ0v) is 19.5. The fraction of sp³-hybridized carbons (Fsp3) is 0.480. The molecule has 3 rings (SSSR count). The maximum absolute atomic E-state index is 13.7. The molecule has 3 atom stereocenters. The molecule has 0 unspecified atom stereocenters. The van der Waals surface area contributed by atoms with Crippen LogP contribution in [0.1, 0.15) is 52.5 Å². The zero-order chi connectivity index (χ0) is 23.6. The number of para-hydroxylation sites is 1. The minimum Gasteiger partial charge on any atom is -0.494 e. The Bertz CT molecular complexity index is 990. The Hall–Kier alpha value is -3.09. The molecule has 1 heterocycles. The molecule has 1 N–H and O–H groups in total. The van der Waals surface area contributed by atoms with Gasteiger partial charge >= 0.3 is 11.9 Å². The van der Waals surface area contributed by atoms with Crippen LogP contribution in [-0.2, 0) is 23.9 Å². The van der Waals surface area contributed by atoms with Gasteiger partial charge in [0, 0.05) is 22.5 Å². The third kappa shape index (κ3) is 4.29. The van der Waals surface area contributed by atoms with Crippen molar-refractivity contribution >= 4 is 17.7 Å². The Labute approximate surface area is 188 Å². The lowest BCUT2D eigenvalue weighted by molar-refractivity contribution is -0.151. The van der Waals surface area contributed by atoms with Crippen LogP contribution in [-0.4, -0.2) is 37.5 Å². The van der Waals surface area contributed by atoms with E-state index in [2.05, 4.69) is 5.32 Å². The van der Waals surface area contributed by atoms with Gasteiger partial charge in [0.25, 0.3) is 0 Å². The second-order valence-electron chi connectivity index (χ2n) is 8.46. The van der Waals surface area contributed by atoms with Crippen LogP contribution in [0, 0.1) is 11.8 Å². The Morgan fingerprint density at radius 3 is 2.53 bits per heavy atom. The number of dihydropyridines is 1. The fourth-order valence-electron chi connectivity index (χ4n) is 4.55. The van der Waals surface area contributed by atoms with Crippen molar-refractivity contribution in [2.45, 2.75) is 53.1 Å². The highest BCUT2D eigenvalue weighted by Gasteiger charge is 2.47. The standard InChI is InChI=1S/C25H31NO6/c1-7-31-18-11-9-8-10-16(18)21-20(25(29)32-13(2)3)15(5)26-17-12-14(4)19(24(28)30-6)23(27)22(17)21/h8-11,13-14,19,21,26H,7,12H2,1-6H3/t14-,19+,21-/m0/s1. The van der Waals surface area contributed by atoms with Crippen LogP contribution in [0.5, 0.6) is 5.75 Å². The smallest absolute Gasteiger partial charge is 0.337 e. The second-order valence-corrected chi connectivity index (χ2v) is 8.46. The van der Waals surface area contributed by atoms with Gasteiger partial charge in [0.05, 0.1) is 31.3 Å². The molecule has 7 heteroatoms. The first-order valence-electron chi connectivity index (χ1n) is 11.0. The molecule has 32 heavy (non-hydrogen) atoms. The van der Waals surface area contributed by atoms with E-state index in [1.165, 1.54) is 7.11 Å². The molecule has 1 aromatic rings. The summed E-state index contributed by atoms with van der Waals surface area (Å²) in [5.74, 6) is -2.71. The van der Waals surface area contributed by atoms with Crippen LogP contribution in [0.3, 0.4) is 0 Å². The first-order chi connectivity index (χ1) is 15.2. The zero-order valence-electron chi connectivity index (χ0n) is 19.5. The summed E-state index contributed by atoms with van der Waals surface area (Å²) in [5.41, 5.74) is 2.77. The number of carbonyl (C=O) groups excluding carboxylic acids is 3. The van der Waals surface area contributed by atoms with E-state index in [0.29, 0.717) is 41.2 Å². The summed E-state index contributed by atoms with van der Waals surface area (Å²) in [7, 11) is 1.28. The lowest BCUT2D eigenvalue weighted by atomic mass is 9.69. The highest BCUT2D eigenvalue weighted by molar-refractivity contribution is 6.12. The molecule has 0 saturated heterocycles. The Balaban J connectivity index is 2.23. The number of allylic oxidation sites excluding steroid dienone is 3. The molecule has 0 saturated carbocycles. The van der Waals surface area contributed by atoms with Gasteiger partial charge in [-0.3, -0.25) is 9.59 Å². The Kier molecular flexibility index (Phi) is 7.06. The van der Waals surface area contributed by atoms with Gasteiger partial charge in [-0.1, -0.05) is 25.1 Å². The maximum Gasteiger partial charge on any atom is 0.337 e. The van der Waals surface area contributed by atoms with Crippen molar-refractivity contribution < 1.29 is 28.6 Å². The first-order valence-corrected chi connectivity index (χ1v) is 11.0. The van der Waals surface area contributed by atoms with Crippen molar-refractivity contribution in [2.24, 2.45) is 11.8 Å². The maximum atomic E-state index is 13.7. The van der Waals surface area contributed by atoms with Crippen LogP contribution in [0.15, 0.2) is 46.8 Å². The van der Waals surface area contributed by atoms with E-state index in [0.717, 1.165) is 5.70 Å². The molecule has 0 fully saturated rings. The molecule has 2 aliphatic rings. The van der Waals surface area contributed by atoms with E-state index in [1.54, 1.807) is 20.8 Å². The van der Waals surface area contributed by atoms with E-state index >= 15 is 0 Å². The second kappa shape index (κ2) is 9.59. The van der Waals surface area contributed by atoms with E-state index < -0.39 is 23.8 Å². The van der Waals surface area contributed by atoms with Crippen LogP contribution in [0.25, 0.3) is 0 Å². The molecule has 172 valence electrons. The van der Waals surface area contributed by atoms with Gasteiger partial charge in [-0.15, -0.1) is 0 Å². The van der Waals surface area contributed by atoms with Gasteiger partial charge in [0.2, 0.25) is 0 Å². The minimum atomic E-state index is -0.928. The summed E-state index contributed by atoms with van der Waals surface area (Å²) in [6.07, 6.45) is 0.156. The van der Waals surface area contributed by atoms with Gasteiger partial charge in [-0.2, -0.15) is 0 Å². The van der Waals surface area contributed by atoms with Gasteiger partial charge < -0.3 is 19.5 Å². The number of benzene rings is 1. The van der Waals surface area contributed by atoms with Crippen LogP contribution in [0.2, 0.25) is 0 Å². The lowest BCUT2D eigenvalue weighted by Crippen LogP contribution is -2.43. The first kappa shape index (κ1) is 23.6. The highest BCUT2D eigenvalue weighted by atomic mass is 16.5. The summed E-state index contributed by atoms with van der Waals surface area (Å²) in [5, 5.41) is 3.26. The van der Waals surface area contributed by atoms with Crippen LogP contribution < -0.4 is 10.1 Å². The predicted octanol–water partition coefficient (Wildman–Crippen LogP) is 3.65. The summed E-state index contributed by atoms with van der Waals surface area (Å²) >= 11 is 0. The monoisotopic (exact) mass is 441 g/mol. The molecule has 1 aromatic carbocycles. The van der Waals surface area contributed by atoms with Crippen molar-refractivity contribution in [3.8, 4) is 5.75 Å². The van der Waals surface area contributed by atoms with Crippen LogP contribution >= 0.6 is 0 Å². The average Bonchev–Trinajstić information content (AvgIpc) is 2.72. The van der Waals surface area contributed by atoms with Gasteiger partial charge in [-0.05, 0) is 46.1 Å². The molecule has 0 amide bonds. The van der Waals surface area contributed by atoms with Crippen molar-refractivity contribution in [3.05, 3.63) is 52.4 Å². The van der Waals surface area contributed by atoms with E-state index in [1.807, 2.05) is 38.1 Å². The number of esters is 2. The molecule has 0 radical (unpaired) electrons. The predicted molar refractivity (Wildman–Crippen MR) is 119 cm³/mol. The lowest BCUT2D eigenvalue weighted by Gasteiger charge is -2.38. The number of carbonyl (C=O) groups is 3. The van der Waals surface area contributed by atoms with E-state index in [9.17, 15) is 14.4 Å². The molecule has 1 aliphatic heterocycles. The van der Waals surface area contributed by atoms with Crippen molar-refractivity contribution in [3.63, 3.8) is 0 Å². The summed E-state index contributed by atoms with van der Waals surface area (Å²) in [4.78, 5) is 39.4.